The number of halogens is 1. The number of hydrogen-bond acceptors (Lipinski definition) is 4. The second-order valence-electron chi connectivity index (χ2n) is 4.19. The van der Waals surface area contributed by atoms with Gasteiger partial charge in [0.15, 0.2) is 5.78 Å². The van der Waals surface area contributed by atoms with Crippen LogP contribution in [-0.2, 0) is 4.79 Å². The van der Waals surface area contributed by atoms with Crippen molar-refractivity contribution in [2.45, 2.75) is 0 Å². The zero-order valence-corrected chi connectivity index (χ0v) is 11.5. The number of amides is 1. The van der Waals surface area contributed by atoms with E-state index in [0.29, 0.717) is 19.6 Å². The van der Waals surface area contributed by atoms with Gasteiger partial charge in [-0.15, -0.1) is 22.9 Å². The third-order valence-corrected chi connectivity index (χ3v) is 4.14. The minimum atomic E-state index is -0.0269. The molecule has 1 aromatic rings. The Labute approximate surface area is 115 Å². The number of rotatable bonds is 4. The fourth-order valence-electron chi connectivity index (χ4n) is 1.96. The van der Waals surface area contributed by atoms with E-state index in [4.69, 9.17) is 11.6 Å². The third kappa shape index (κ3) is 3.31. The molecule has 1 aliphatic rings. The van der Waals surface area contributed by atoms with Crippen LogP contribution in [0.5, 0.6) is 0 Å². The molecule has 0 bridgehead atoms. The first kappa shape index (κ1) is 13.5. The van der Waals surface area contributed by atoms with Gasteiger partial charge >= 0.3 is 0 Å². The van der Waals surface area contributed by atoms with Crippen LogP contribution < -0.4 is 0 Å². The minimum absolute atomic E-state index is 0.0269. The van der Waals surface area contributed by atoms with E-state index in [0.717, 1.165) is 18.0 Å². The highest BCUT2D eigenvalue weighted by Gasteiger charge is 2.22. The maximum atomic E-state index is 11.9. The predicted octanol–water partition coefficient (Wildman–Crippen LogP) is 1.31. The van der Waals surface area contributed by atoms with Crippen LogP contribution in [0, 0.1) is 0 Å². The number of piperazine rings is 1. The second-order valence-corrected chi connectivity index (χ2v) is 5.41. The number of carbonyl (C=O) groups is 2. The smallest absolute Gasteiger partial charge is 0.237 e. The SMILES string of the molecule is O=C(CN1CCN(C(=O)CCl)CC1)c1cccs1. The first-order valence-electron chi connectivity index (χ1n) is 5.83. The maximum Gasteiger partial charge on any atom is 0.237 e. The molecule has 0 atom stereocenters. The summed E-state index contributed by atoms with van der Waals surface area (Å²) in [6, 6.07) is 3.73. The standard InChI is InChI=1S/C12H15ClN2O2S/c13-8-12(17)15-5-3-14(4-6-15)9-10(16)11-2-1-7-18-11/h1-2,7H,3-6,8-9H2. The molecule has 0 aromatic carbocycles. The lowest BCUT2D eigenvalue weighted by Crippen LogP contribution is -2.50. The van der Waals surface area contributed by atoms with E-state index < -0.39 is 0 Å². The molecular weight excluding hydrogens is 272 g/mol. The molecule has 0 spiro atoms. The molecule has 0 unspecified atom stereocenters. The lowest BCUT2D eigenvalue weighted by Gasteiger charge is -2.33. The Hall–Kier alpha value is -0.910. The van der Waals surface area contributed by atoms with E-state index >= 15 is 0 Å². The second kappa shape index (κ2) is 6.31. The van der Waals surface area contributed by atoms with Crippen LogP contribution in [0.3, 0.4) is 0 Å². The van der Waals surface area contributed by atoms with Gasteiger partial charge in [0, 0.05) is 26.2 Å². The number of nitrogens with zero attached hydrogens (tertiary/aromatic N) is 2. The summed E-state index contributed by atoms with van der Waals surface area (Å²) in [6.07, 6.45) is 0. The Morgan fingerprint density at radius 3 is 2.56 bits per heavy atom. The van der Waals surface area contributed by atoms with E-state index in [2.05, 4.69) is 4.90 Å². The topological polar surface area (TPSA) is 40.6 Å². The molecule has 2 rings (SSSR count). The molecular formula is C12H15ClN2O2S. The van der Waals surface area contributed by atoms with Crippen LogP contribution in [0.4, 0.5) is 0 Å². The first-order valence-corrected chi connectivity index (χ1v) is 7.25. The monoisotopic (exact) mass is 286 g/mol. The maximum absolute atomic E-state index is 11.9. The van der Waals surface area contributed by atoms with Crippen LogP contribution >= 0.6 is 22.9 Å². The van der Waals surface area contributed by atoms with Crippen LogP contribution in [0.25, 0.3) is 0 Å². The average Bonchev–Trinajstić information content (AvgIpc) is 2.92. The van der Waals surface area contributed by atoms with Crippen LogP contribution in [-0.4, -0.2) is 60.1 Å². The summed E-state index contributed by atoms with van der Waals surface area (Å²) in [6.45, 7) is 3.22. The zero-order valence-electron chi connectivity index (χ0n) is 9.97. The average molecular weight is 287 g/mol. The van der Waals surface area contributed by atoms with Crippen molar-refractivity contribution in [3.63, 3.8) is 0 Å². The molecule has 1 fully saturated rings. The Bertz CT molecular complexity index is 414. The molecule has 1 amide bonds. The molecule has 0 N–H and O–H groups in total. The van der Waals surface area contributed by atoms with Crippen molar-refractivity contribution in [3.05, 3.63) is 22.4 Å². The molecule has 0 aliphatic carbocycles. The lowest BCUT2D eigenvalue weighted by atomic mass is 10.2. The third-order valence-electron chi connectivity index (χ3n) is 3.00. The first-order chi connectivity index (χ1) is 8.70. The van der Waals surface area contributed by atoms with Gasteiger partial charge in [-0.1, -0.05) is 6.07 Å². The van der Waals surface area contributed by atoms with Crippen molar-refractivity contribution in [1.82, 2.24) is 9.80 Å². The van der Waals surface area contributed by atoms with Gasteiger partial charge in [-0.3, -0.25) is 14.5 Å². The van der Waals surface area contributed by atoms with Gasteiger partial charge in [-0.05, 0) is 11.4 Å². The molecule has 18 heavy (non-hydrogen) atoms. The van der Waals surface area contributed by atoms with Gasteiger partial charge in [0.2, 0.25) is 5.91 Å². The number of ketones is 1. The molecule has 1 saturated heterocycles. The summed E-state index contributed by atoms with van der Waals surface area (Å²) in [5.41, 5.74) is 0. The molecule has 6 heteroatoms. The molecule has 4 nitrogen and oxygen atoms in total. The summed E-state index contributed by atoms with van der Waals surface area (Å²) < 4.78 is 0. The van der Waals surface area contributed by atoms with Gasteiger partial charge in [0.05, 0.1) is 11.4 Å². The van der Waals surface area contributed by atoms with E-state index in [1.165, 1.54) is 11.3 Å². The quantitative estimate of drug-likeness (QED) is 0.619. The fourth-order valence-corrected chi connectivity index (χ4v) is 2.78. The van der Waals surface area contributed by atoms with E-state index in [1.54, 1.807) is 4.90 Å². The van der Waals surface area contributed by atoms with Crippen molar-refractivity contribution >= 4 is 34.6 Å². The van der Waals surface area contributed by atoms with Crippen molar-refractivity contribution in [2.24, 2.45) is 0 Å². The van der Waals surface area contributed by atoms with Gasteiger partial charge in [0.25, 0.3) is 0 Å². The summed E-state index contributed by atoms with van der Waals surface area (Å²) in [7, 11) is 0. The predicted molar refractivity (Wildman–Crippen MR) is 72.4 cm³/mol. The summed E-state index contributed by atoms with van der Waals surface area (Å²) in [4.78, 5) is 27.9. The highest BCUT2D eigenvalue weighted by molar-refractivity contribution is 7.12. The number of thiophene rings is 1. The van der Waals surface area contributed by atoms with E-state index in [-0.39, 0.29) is 17.6 Å². The molecule has 1 aromatic heterocycles. The molecule has 1 aliphatic heterocycles. The summed E-state index contributed by atoms with van der Waals surface area (Å²) in [5.74, 6) is 0.164. The Morgan fingerprint density at radius 2 is 2.00 bits per heavy atom. The molecule has 2 heterocycles. The Kier molecular flexibility index (Phi) is 4.74. The van der Waals surface area contributed by atoms with Crippen molar-refractivity contribution in [2.75, 3.05) is 38.6 Å². The highest BCUT2D eigenvalue weighted by atomic mass is 35.5. The van der Waals surface area contributed by atoms with Crippen LogP contribution in [0.1, 0.15) is 9.67 Å². The number of alkyl halides is 1. The van der Waals surface area contributed by atoms with E-state index in [9.17, 15) is 9.59 Å². The molecule has 98 valence electrons. The number of Topliss-reactive ketones (excluding diaryl/α,β-unsaturated/α-hetero) is 1. The van der Waals surface area contributed by atoms with Crippen molar-refractivity contribution in [3.8, 4) is 0 Å². The van der Waals surface area contributed by atoms with Gasteiger partial charge in [-0.2, -0.15) is 0 Å². The number of carbonyl (C=O) groups excluding carboxylic acids is 2. The minimum Gasteiger partial charge on any atom is -0.339 e. The van der Waals surface area contributed by atoms with Gasteiger partial charge in [0.1, 0.15) is 5.88 Å². The summed E-state index contributed by atoms with van der Waals surface area (Å²) in [5, 5.41) is 1.91. The normalized spacial score (nSPS) is 16.8. The van der Waals surface area contributed by atoms with Crippen LogP contribution in [0.15, 0.2) is 17.5 Å². The summed E-state index contributed by atoms with van der Waals surface area (Å²) >= 11 is 6.99. The van der Waals surface area contributed by atoms with Gasteiger partial charge < -0.3 is 4.90 Å². The lowest BCUT2D eigenvalue weighted by molar-refractivity contribution is -0.130. The van der Waals surface area contributed by atoms with Gasteiger partial charge in [-0.25, -0.2) is 0 Å². The molecule has 0 saturated carbocycles. The Morgan fingerprint density at radius 1 is 1.28 bits per heavy atom. The van der Waals surface area contributed by atoms with Crippen molar-refractivity contribution < 1.29 is 9.59 Å². The Balaban J connectivity index is 1.80. The molecule has 0 radical (unpaired) electrons. The van der Waals surface area contributed by atoms with E-state index in [1.807, 2.05) is 17.5 Å². The van der Waals surface area contributed by atoms with Crippen molar-refractivity contribution in [1.29, 1.82) is 0 Å². The highest BCUT2D eigenvalue weighted by Crippen LogP contribution is 2.11. The largest absolute Gasteiger partial charge is 0.339 e. The van der Waals surface area contributed by atoms with Crippen LogP contribution in [0.2, 0.25) is 0 Å². The fraction of sp³-hybridized carbons (Fsp3) is 0.500. The number of hydrogen-bond donors (Lipinski definition) is 0. The zero-order chi connectivity index (χ0) is 13.0.